The summed E-state index contributed by atoms with van der Waals surface area (Å²) in [7, 11) is 0. The minimum Gasteiger partial charge on any atom is -0.280 e. The van der Waals surface area contributed by atoms with Crippen molar-refractivity contribution in [1.29, 1.82) is 0 Å². The second kappa shape index (κ2) is 9.49. The topological polar surface area (TPSA) is 6.48 Å². The highest BCUT2D eigenvalue weighted by Gasteiger charge is 2.32. The van der Waals surface area contributed by atoms with Gasteiger partial charge >= 0.3 is 0 Å². The molecule has 0 saturated carbocycles. The quantitative estimate of drug-likeness (QED) is 0.426. The first-order chi connectivity index (χ1) is 14.5. The minimum absolute atomic E-state index is 0.0215. The third-order valence-electron chi connectivity index (χ3n) is 5.79. The molecule has 3 aromatic rings. The minimum atomic E-state index is -0.314. The van der Waals surface area contributed by atoms with Crippen LogP contribution < -0.4 is 0 Å². The Balaban J connectivity index is 1.69. The van der Waals surface area contributed by atoms with E-state index in [0.717, 1.165) is 42.2 Å². The van der Waals surface area contributed by atoms with E-state index < -0.39 is 0 Å². The van der Waals surface area contributed by atoms with Crippen LogP contribution in [0.4, 0.5) is 4.39 Å². The molecule has 0 aromatic heterocycles. The van der Waals surface area contributed by atoms with Gasteiger partial charge in [-0.15, -0.1) is 0 Å². The molecule has 30 heavy (non-hydrogen) atoms. The van der Waals surface area contributed by atoms with E-state index in [1.54, 1.807) is 6.07 Å². The first kappa shape index (κ1) is 21.3. The molecule has 0 spiro atoms. The van der Waals surface area contributed by atoms with Gasteiger partial charge < -0.3 is 0 Å². The Morgan fingerprint density at radius 3 is 2.20 bits per heavy atom. The van der Waals surface area contributed by atoms with E-state index in [-0.39, 0.29) is 12.0 Å². The first-order valence-electron chi connectivity index (χ1n) is 10.2. The van der Waals surface area contributed by atoms with Crippen molar-refractivity contribution in [2.75, 3.05) is 13.1 Å². The zero-order valence-corrected chi connectivity index (χ0v) is 18.5. The van der Waals surface area contributed by atoms with Gasteiger partial charge in [0.1, 0.15) is 5.82 Å². The number of halogens is 3. The lowest BCUT2D eigenvalue weighted by Crippen LogP contribution is -2.47. The molecular weight excluding hydrogens is 418 g/mol. The molecule has 5 heteroatoms. The van der Waals surface area contributed by atoms with Crippen molar-refractivity contribution in [1.82, 2.24) is 9.80 Å². The van der Waals surface area contributed by atoms with Crippen LogP contribution in [0.5, 0.6) is 0 Å². The molecule has 3 aromatic carbocycles. The van der Waals surface area contributed by atoms with E-state index in [1.165, 1.54) is 23.3 Å². The van der Waals surface area contributed by atoms with Crippen molar-refractivity contribution in [3.63, 3.8) is 0 Å². The molecule has 2 nitrogen and oxygen atoms in total. The second-order valence-corrected chi connectivity index (χ2v) is 8.67. The number of rotatable bonds is 5. The molecule has 1 saturated heterocycles. The van der Waals surface area contributed by atoms with E-state index in [2.05, 4.69) is 47.1 Å². The van der Waals surface area contributed by atoms with Gasteiger partial charge in [-0.3, -0.25) is 9.80 Å². The van der Waals surface area contributed by atoms with Gasteiger partial charge in [0.25, 0.3) is 0 Å². The van der Waals surface area contributed by atoms with Crippen LogP contribution in [0.3, 0.4) is 0 Å². The summed E-state index contributed by atoms with van der Waals surface area (Å²) in [6, 6.07) is 21.2. The molecule has 1 heterocycles. The summed E-state index contributed by atoms with van der Waals surface area (Å²) in [4.78, 5) is 4.87. The molecule has 0 radical (unpaired) electrons. The number of nitrogens with zero attached hydrogens (tertiary/aromatic N) is 2. The first-order valence-corrected chi connectivity index (χ1v) is 11.0. The summed E-state index contributed by atoms with van der Waals surface area (Å²) in [6.07, 6.45) is 1.07. The number of hydrogen-bond donors (Lipinski definition) is 0. The van der Waals surface area contributed by atoms with Crippen molar-refractivity contribution in [3.05, 3.63) is 105 Å². The molecule has 1 fully saturated rings. The van der Waals surface area contributed by atoms with Crippen molar-refractivity contribution < 1.29 is 4.39 Å². The van der Waals surface area contributed by atoms with E-state index >= 15 is 0 Å². The Hall–Kier alpha value is -1.91. The largest absolute Gasteiger partial charge is 0.280 e. The summed E-state index contributed by atoms with van der Waals surface area (Å²) >= 11 is 13.0. The van der Waals surface area contributed by atoms with Gasteiger partial charge in [0.2, 0.25) is 0 Å². The fraction of sp³-hybridized carbons (Fsp3) is 0.280. The average Bonchev–Trinajstić information content (AvgIpc) is 2.73. The highest BCUT2D eigenvalue weighted by molar-refractivity contribution is 6.31. The van der Waals surface area contributed by atoms with Gasteiger partial charge in [0.05, 0.1) is 6.17 Å². The van der Waals surface area contributed by atoms with Gasteiger partial charge in [-0.1, -0.05) is 71.7 Å². The van der Waals surface area contributed by atoms with Crippen LogP contribution in [-0.4, -0.2) is 22.9 Å². The summed E-state index contributed by atoms with van der Waals surface area (Å²) in [5, 5.41) is 1.22. The number of benzene rings is 3. The lowest BCUT2D eigenvalue weighted by Gasteiger charge is -2.45. The molecule has 1 aliphatic rings. The van der Waals surface area contributed by atoms with Gasteiger partial charge in [0.15, 0.2) is 0 Å². The summed E-state index contributed by atoms with van der Waals surface area (Å²) in [5.41, 5.74) is 4.61. The fourth-order valence-corrected chi connectivity index (χ4v) is 4.70. The van der Waals surface area contributed by atoms with E-state index in [4.69, 9.17) is 23.2 Å². The van der Waals surface area contributed by atoms with Gasteiger partial charge in [-0.2, -0.15) is 0 Å². The SMILES string of the molecule is Cc1ccccc1CN1CCCN(Cc2ccc(F)cc2Cl)C1c1ccccc1Cl. The van der Waals surface area contributed by atoms with Crippen LogP contribution in [-0.2, 0) is 13.1 Å². The zero-order chi connectivity index (χ0) is 21.1. The third-order valence-corrected chi connectivity index (χ3v) is 6.49. The zero-order valence-electron chi connectivity index (χ0n) is 17.0. The van der Waals surface area contributed by atoms with Crippen LogP contribution in [0.15, 0.2) is 66.7 Å². The maximum Gasteiger partial charge on any atom is 0.124 e. The monoisotopic (exact) mass is 442 g/mol. The van der Waals surface area contributed by atoms with Crippen molar-refractivity contribution in [2.45, 2.75) is 32.6 Å². The lowest BCUT2D eigenvalue weighted by molar-refractivity contribution is -0.00912. The number of aryl methyl sites for hydroxylation is 1. The maximum atomic E-state index is 13.5. The standard InChI is InChI=1S/C25H25Cl2FN2/c1-18-7-2-3-8-19(18)16-29-13-6-14-30(17-20-11-12-21(28)15-24(20)27)25(29)22-9-4-5-10-23(22)26/h2-5,7-12,15,25H,6,13-14,16-17H2,1H3. The summed E-state index contributed by atoms with van der Waals surface area (Å²) < 4.78 is 13.5. The van der Waals surface area contributed by atoms with Gasteiger partial charge in [0, 0.05) is 41.8 Å². The lowest BCUT2D eigenvalue weighted by atomic mass is 10.0. The van der Waals surface area contributed by atoms with Crippen molar-refractivity contribution in [2.24, 2.45) is 0 Å². The Bertz CT molecular complexity index is 1020. The molecule has 0 amide bonds. The van der Waals surface area contributed by atoms with Crippen molar-refractivity contribution >= 4 is 23.2 Å². The predicted molar refractivity (Wildman–Crippen MR) is 122 cm³/mol. The van der Waals surface area contributed by atoms with E-state index in [0.29, 0.717) is 11.6 Å². The molecule has 0 bridgehead atoms. The molecule has 0 N–H and O–H groups in total. The van der Waals surface area contributed by atoms with E-state index in [9.17, 15) is 4.39 Å². The predicted octanol–water partition coefficient (Wildman–Crippen LogP) is 6.85. The summed E-state index contributed by atoms with van der Waals surface area (Å²) in [6.45, 7) is 5.54. The molecule has 4 rings (SSSR count). The van der Waals surface area contributed by atoms with Crippen LogP contribution in [0.1, 0.15) is 34.8 Å². The fourth-order valence-electron chi connectivity index (χ4n) is 4.24. The molecule has 1 atom stereocenters. The van der Waals surface area contributed by atoms with Crippen LogP contribution in [0, 0.1) is 12.7 Å². The summed E-state index contributed by atoms with van der Waals surface area (Å²) in [5.74, 6) is -0.314. The highest BCUT2D eigenvalue weighted by atomic mass is 35.5. The van der Waals surface area contributed by atoms with E-state index in [1.807, 2.05) is 18.2 Å². The Labute approximate surface area is 187 Å². The third kappa shape index (κ3) is 4.70. The Morgan fingerprint density at radius 1 is 0.833 bits per heavy atom. The smallest absolute Gasteiger partial charge is 0.124 e. The van der Waals surface area contributed by atoms with Crippen molar-refractivity contribution in [3.8, 4) is 0 Å². The highest BCUT2D eigenvalue weighted by Crippen LogP contribution is 2.36. The molecule has 0 aliphatic carbocycles. The maximum absolute atomic E-state index is 13.5. The van der Waals surface area contributed by atoms with Crippen LogP contribution >= 0.6 is 23.2 Å². The molecule has 1 aliphatic heterocycles. The van der Waals surface area contributed by atoms with Gasteiger partial charge in [-0.25, -0.2) is 4.39 Å². The Kier molecular flexibility index (Phi) is 6.74. The molecule has 1 unspecified atom stereocenters. The molecule has 156 valence electrons. The normalized spacial score (nSPS) is 17.9. The van der Waals surface area contributed by atoms with Crippen LogP contribution in [0.2, 0.25) is 10.0 Å². The second-order valence-electron chi connectivity index (χ2n) is 7.85. The average molecular weight is 443 g/mol. The number of hydrogen-bond acceptors (Lipinski definition) is 2. The van der Waals surface area contributed by atoms with Crippen LogP contribution in [0.25, 0.3) is 0 Å². The Morgan fingerprint density at radius 2 is 1.50 bits per heavy atom. The molecular formula is C25H25Cl2FN2. The van der Waals surface area contributed by atoms with Gasteiger partial charge in [-0.05, 0) is 48.2 Å².